The number of aromatic nitrogens is 1. The Labute approximate surface area is 154 Å². The van der Waals surface area contributed by atoms with Gasteiger partial charge in [-0.05, 0) is 79.8 Å². The molecular formula is C22H24N2O2. The predicted molar refractivity (Wildman–Crippen MR) is 104 cm³/mol. The van der Waals surface area contributed by atoms with E-state index in [0.717, 1.165) is 49.1 Å². The molecule has 0 saturated heterocycles. The molecule has 0 radical (unpaired) electrons. The Kier molecular flexibility index (Phi) is 4.74. The number of anilines is 1. The molecule has 0 saturated carbocycles. The minimum absolute atomic E-state index is 0.0751. The second kappa shape index (κ2) is 7.32. The Bertz CT molecular complexity index is 853. The minimum atomic E-state index is -0.0751. The van der Waals surface area contributed by atoms with Crippen molar-refractivity contribution >= 4 is 17.7 Å². The lowest BCUT2D eigenvalue weighted by Gasteiger charge is -2.21. The molecule has 0 aliphatic heterocycles. The zero-order chi connectivity index (χ0) is 17.9. The maximum absolute atomic E-state index is 12.6. The van der Waals surface area contributed by atoms with E-state index >= 15 is 0 Å². The van der Waals surface area contributed by atoms with Gasteiger partial charge in [0.2, 0.25) is 5.91 Å². The third-order valence-electron chi connectivity index (χ3n) is 5.29. The van der Waals surface area contributed by atoms with Crippen molar-refractivity contribution in [3.63, 3.8) is 0 Å². The molecule has 4 nitrogen and oxygen atoms in total. The van der Waals surface area contributed by atoms with E-state index in [1.165, 1.54) is 35.4 Å². The summed E-state index contributed by atoms with van der Waals surface area (Å²) < 4.78 is 5.16. The highest BCUT2D eigenvalue weighted by molar-refractivity contribution is 6.03. The fourth-order valence-electron chi connectivity index (χ4n) is 3.95. The number of hydrogen-bond acceptors (Lipinski definition) is 3. The molecule has 0 atom stereocenters. The van der Waals surface area contributed by atoms with Crippen molar-refractivity contribution in [2.75, 3.05) is 12.4 Å². The Morgan fingerprint density at radius 2 is 1.65 bits per heavy atom. The molecule has 0 unspecified atom stereocenters. The number of methoxy groups -OCH3 is 1. The lowest BCUT2D eigenvalue weighted by molar-refractivity contribution is -0.111. The maximum atomic E-state index is 12.6. The van der Waals surface area contributed by atoms with Crippen LogP contribution in [-0.4, -0.2) is 18.0 Å². The molecule has 26 heavy (non-hydrogen) atoms. The summed E-state index contributed by atoms with van der Waals surface area (Å²) in [5, 5.41) is 3.17. The topological polar surface area (TPSA) is 51.2 Å². The molecule has 2 aliphatic rings. The van der Waals surface area contributed by atoms with Crippen LogP contribution in [0.2, 0.25) is 0 Å². The van der Waals surface area contributed by atoms with Crippen LogP contribution < -0.4 is 10.1 Å². The van der Waals surface area contributed by atoms with Crippen molar-refractivity contribution in [1.82, 2.24) is 4.98 Å². The highest BCUT2D eigenvalue weighted by Gasteiger charge is 2.25. The highest BCUT2D eigenvalue weighted by Crippen LogP contribution is 2.35. The molecule has 2 aliphatic carbocycles. The number of amides is 1. The lowest BCUT2D eigenvalue weighted by atomic mass is 9.92. The van der Waals surface area contributed by atoms with Gasteiger partial charge in [0, 0.05) is 17.5 Å². The normalized spacial score (nSPS) is 15.6. The lowest BCUT2D eigenvalue weighted by Crippen LogP contribution is -2.17. The molecule has 0 fully saturated rings. The second-order valence-electron chi connectivity index (χ2n) is 6.99. The number of carbonyl (C=O) groups excluding carboxylic acids is 1. The van der Waals surface area contributed by atoms with Crippen LogP contribution in [0, 0.1) is 0 Å². The molecule has 1 aromatic heterocycles. The molecule has 4 heteroatoms. The highest BCUT2D eigenvalue weighted by atomic mass is 16.5. The Balaban J connectivity index is 1.55. The summed E-state index contributed by atoms with van der Waals surface area (Å²) in [6.07, 6.45) is 11.1. The van der Waals surface area contributed by atoms with Crippen LogP contribution in [0.1, 0.15) is 47.3 Å². The van der Waals surface area contributed by atoms with Gasteiger partial charge in [-0.15, -0.1) is 0 Å². The van der Waals surface area contributed by atoms with Gasteiger partial charge >= 0.3 is 0 Å². The molecular weight excluding hydrogens is 324 g/mol. The SMILES string of the molecule is COc1ccc(/C=C/C(=O)Nc2c3c(nc4c2CCC4)CCCC3)cc1. The number of nitrogens with one attached hydrogen (secondary N) is 1. The van der Waals surface area contributed by atoms with E-state index < -0.39 is 0 Å². The van der Waals surface area contributed by atoms with E-state index in [1.807, 2.05) is 30.3 Å². The molecule has 134 valence electrons. The average molecular weight is 348 g/mol. The number of nitrogens with zero attached hydrogens (tertiary/aromatic N) is 1. The first kappa shape index (κ1) is 16.8. The predicted octanol–water partition coefficient (Wildman–Crippen LogP) is 4.11. The van der Waals surface area contributed by atoms with E-state index in [9.17, 15) is 4.79 Å². The fourth-order valence-corrected chi connectivity index (χ4v) is 3.95. The Morgan fingerprint density at radius 3 is 2.38 bits per heavy atom. The number of hydrogen-bond donors (Lipinski definition) is 1. The largest absolute Gasteiger partial charge is 0.497 e. The first-order valence-electron chi connectivity index (χ1n) is 9.41. The number of ether oxygens (including phenoxy) is 1. The Hall–Kier alpha value is -2.62. The van der Waals surface area contributed by atoms with Crippen LogP contribution in [-0.2, 0) is 30.5 Å². The van der Waals surface area contributed by atoms with Crippen LogP contribution in [0.5, 0.6) is 5.75 Å². The van der Waals surface area contributed by atoms with E-state index in [0.29, 0.717) is 0 Å². The summed E-state index contributed by atoms with van der Waals surface area (Å²) in [6.45, 7) is 0. The molecule has 1 aromatic carbocycles. The summed E-state index contributed by atoms with van der Waals surface area (Å²) >= 11 is 0. The molecule has 2 aromatic rings. The van der Waals surface area contributed by atoms with E-state index in [2.05, 4.69) is 5.32 Å². The van der Waals surface area contributed by atoms with Crippen molar-refractivity contribution in [1.29, 1.82) is 0 Å². The summed E-state index contributed by atoms with van der Waals surface area (Å²) in [5.74, 6) is 0.736. The number of fused-ring (bicyclic) bond motifs is 2. The summed E-state index contributed by atoms with van der Waals surface area (Å²) in [4.78, 5) is 17.4. The summed E-state index contributed by atoms with van der Waals surface area (Å²) in [6, 6.07) is 7.66. The van der Waals surface area contributed by atoms with Gasteiger partial charge in [-0.1, -0.05) is 12.1 Å². The van der Waals surface area contributed by atoms with Crippen LogP contribution in [0.25, 0.3) is 6.08 Å². The third-order valence-corrected chi connectivity index (χ3v) is 5.29. The number of rotatable bonds is 4. The molecule has 1 heterocycles. The first-order chi connectivity index (χ1) is 12.7. The third kappa shape index (κ3) is 3.36. The van der Waals surface area contributed by atoms with Gasteiger partial charge in [0.25, 0.3) is 0 Å². The van der Waals surface area contributed by atoms with Crippen LogP contribution in [0.3, 0.4) is 0 Å². The van der Waals surface area contributed by atoms with Crippen molar-refractivity contribution < 1.29 is 9.53 Å². The minimum Gasteiger partial charge on any atom is -0.497 e. The molecule has 4 rings (SSSR count). The maximum Gasteiger partial charge on any atom is 0.248 e. The number of aryl methyl sites for hydroxylation is 2. The van der Waals surface area contributed by atoms with Gasteiger partial charge in [0.1, 0.15) is 5.75 Å². The van der Waals surface area contributed by atoms with Crippen molar-refractivity contribution in [3.05, 3.63) is 58.4 Å². The average Bonchev–Trinajstić information content (AvgIpc) is 3.15. The van der Waals surface area contributed by atoms with E-state index in [-0.39, 0.29) is 5.91 Å². The van der Waals surface area contributed by atoms with Crippen LogP contribution >= 0.6 is 0 Å². The number of benzene rings is 1. The Morgan fingerprint density at radius 1 is 1.00 bits per heavy atom. The fraction of sp³-hybridized carbons (Fsp3) is 0.364. The van der Waals surface area contributed by atoms with E-state index in [1.54, 1.807) is 13.2 Å². The van der Waals surface area contributed by atoms with Gasteiger partial charge in [0.05, 0.1) is 12.8 Å². The molecule has 0 spiro atoms. The number of pyridine rings is 1. The quantitative estimate of drug-likeness (QED) is 0.846. The van der Waals surface area contributed by atoms with Crippen molar-refractivity contribution in [3.8, 4) is 5.75 Å². The van der Waals surface area contributed by atoms with Crippen molar-refractivity contribution in [2.24, 2.45) is 0 Å². The summed E-state index contributed by atoms with van der Waals surface area (Å²) in [7, 11) is 1.64. The summed E-state index contributed by atoms with van der Waals surface area (Å²) in [5.41, 5.74) is 6.95. The van der Waals surface area contributed by atoms with Crippen LogP contribution in [0.4, 0.5) is 5.69 Å². The van der Waals surface area contributed by atoms with Gasteiger partial charge in [-0.3, -0.25) is 9.78 Å². The molecule has 0 bridgehead atoms. The second-order valence-corrected chi connectivity index (χ2v) is 6.99. The van der Waals surface area contributed by atoms with Crippen molar-refractivity contribution in [2.45, 2.75) is 44.9 Å². The van der Waals surface area contributed by atoms with E-state index in [4.69, 9.17) is 9.72 Å². The first-order valence-corrected chi connectivity index (χ1v) is 9.41. The van der Waals surface area contributed by atoms with Gasteiger partial charge in [-0.2, -0.15) is 0 Å². The monoisotopic (exact) mass is 348 g/mol. The van der Waals surface area contributed by atoms with Gasteiger partial charge in [0.15, 0.2) is 0 Å². The smallest absolute Gasteiger partial charge is 0.248 e. The van der Waals surface area contributed by atoms with Gasteiger partial charge in [-0.25, -0.2) is 0 Å². The zero-order valence-electron chi connectivity index (χ0n) is 15.2. The molecule has 1 N–H and O–H groups in total. The molecule has 1 amide bonds. The zero-order valence-corrected chi connectivity index (χ0v) is 15.2. The van der Waals surface area contributed by atoms with Gasteiger partial charge < -0.3 is 10.1 Å². The van der Waals surface area contributed by atoms with Crippen LogP contribution in [0.15, 0.2) is 30.3 Å². The number of carbonyl (C=O) groups is 1. The standard InChI is InChI=1S/C22H24N2O2/c1-26-16-12-9-15(10-13-16)11-14-21(25)24-22-17-5-2-3-7-19(17)23-20-8-4-6-18(20)22/h9-14H,2-8H2,1H3,(H,23,24,25)/b14-11+.